The number of hydrogen-bond donors (Lipinski definition) is 2. The molecule has 1 amide bonds. The molecule has 0 bridgehead atoms. The molecule has 0 fully saturated rings. The molecule has 0 heterocycles. The summed E-state index contributed by atoms with van der Waals surface area (Å²) in [6, 6.07) is 13.4. The molecule has 2 rings (SSSR count). The average Bonchev–Trinajstić information content (AvgIpc) is 2.70. The Kier molecular flexibility index (Phi) is 8.50. The Balaban J connectivity index is 1.87. The van der Waals surface area contributed by atoms with E-state index in [9.17, 15) is 17.6 Å². The maximum absolute atomic E-state index is 13.9. The van der Waals surface area contributed by atoms with E-state index in [4.69, 9.17) is 0 Å². The van der Waals surface area contributed by atoms with Crippen molar-refractivity contribution in [3.8, 4) is 0 Å². The number of halogens is 1. The maximum atomic E-state index is 13.9. The normalized spacial score (nSPS) is 11.4. The van der Waals surface area contributed by atoms with Crippen molar-refractivity contribution >= 4 is 15.9 Å². The highest BCUT2D eigenvalue weighted by molar-refractivity contribution is 7.89. The van der Waals surface area contributed by atoms with Crippen LogP contribution in [0.5, 0.6) is 0 Å². The minimum Gasteiger partial charge on any atom is -0.352 e. The van der Waals surface area contributed by atoms with Crippen molar-refractivity contribution in [3.63, 3.8) is 0 Å². The van der Waals surface area contributed by atoms with Crippen molar-refractivity contribution < 1.29 is 17.6 Å². The first-order valence-corrected chi connectivity index (χ1v) is 10.7. The lowest BCUT2D eigenvalue weighted by atomic mass is 10.2. The second-order valence-corrected chi connectivity index (χ2v) is 8.35. The van der Waals surface area contributed by atoms with Gasteiger partial charge in [-0.1, -0.05) is 36.4 Å². The van der Waals surface area contributed by atoms with E-state index >= 15 is 0 Å². The first kappa shape index (κ1) is 22.7. The molecule has 2 aromatic carbocycles. The molecule has 0 aliphatic rings. The third-order valence-electron chi connectivity index (χ3n) is 4.20. The van der Waals surface area contributed by atoms with Crippen LogP contribution in [0.15, 0.2) is 66.1 Å². The Labute approximate surface area is 171 Å². The van der Waals surface area contributed by atoms with E-state index < -0.39 is 26.6 Å². The molecule has 0 saturated carbocycles. The van der Waals surface area contributed by atoms with Gasteiger partial charge >= 0.3 is 0 Å². The molecule has 0 aliphatic carbocycles. The van der Waals surface area contributed by atoms with Gasteiger partial charge in [0.2, 0.25) is 10.0 Å². The largest absolute Gasteiger partial charge is 0.352 e. The first-order chi connectivity index (χ1) is 13.8. The number of sulfonamides is 1. The van der Waals surface area contributed by atoms with Gasteiger partial charge in [0.15, 0.2) is 0 Å². The predicted molar refractivity (Wildman–Crippen MR) is 112 cm³/mol. The zero-order valence-electron chi connectivity index (χ0n) is 16.4. The van der Waals surface area contributed by atoms with Crippen molar-refractivity contribution in [2.24, 2.45) is 0 Å². The van der Waals surface area contributed by atoms with Crippen LogP contribution in [-0.2, 0) is 16.6 Å². The number of carbonyl (C=O) groups excluding carboxylic acids is 1. The fourth-order valence-electron chi connectivity index (χ4n) is 2.72. The molecule has 29 heavy (non-hydrogen) atoms. The minimum atomic E-state index is -4.06. The van der Waals surface area contributed by atoms with Gasteiger partial charge in [-0.25, -0.2) is 17.5 Å². The molecular weight excluding hydrogens is 393 g/mol. The van der Waals surface area contributed by atoms with Crippen molar-refractivity contribution in [2.75, 3.05) is 26.7 Å². The van der Waals surface area contributed by atoms with Gasteiger partial charge in [0.1, 0.15) is 10.7 Å². The lowest BCUT2D eigenvalue weighted by Crippen LogP contribution is -2.29. The Morgan fingerprint density at radius 1 is 1.21 bits per heavy atom. The number of hydrogen-bond acceptors (Lipinski definition) is 4. The molecule has 0 aromatic heterocycles. The van der Waals surface area contributed by atoms with E-state index in [1.807, 2.05) is 25.2 Å². The van der Waals surface area contributed by atoms with Gasteiger partial charge in [-0.05, 0) is 43.8 Å². The smallest absolute Gasteiger partial charge is 0.251 e. The zero-order valence-corrected chi connectivity index (χ0v) is 17.2. The minimum absolute atomic E-state index is 0.0330. The second-order valence-electron chi connectivity index (χ2n) is 6.62. The highest BCUT2D eigenvalue weighted by Gasteiger charge is 2.20. The van der Waals surface area contributed by atoms with Gasteiger partial charge in [-0.3, -0.25) is 4.79 Å². The van der Waals surface area contributed by atoms with Gasteiger partial charge in [0, 0.05) is 25.2 Å². The summed E-state index contributed by atoms with van der Waals surface area (Å²) in [6.07, 6.45) is 2.07. The van der Waals surface area contributed by atoms with Crippen LogP contribution >= 0.6 is 0 Å². The number of benzene rings is 2. The number of nitrogens with one attached hydrogen (secondary N) is 2. The summed E-state index contributed by atoms with van der Waals surface area (Å²) in [5.74, 6) is -1.36. The Bertz CT molecular complexity index is 933. The van der Waals surface area contributed by atoms with Crippen molar-refractivity contribution in [1.82, 2.24) is 14.9 Å². The first-order valence-electron chi connectivity index (χ1n) is 9.24. The van der Waals surface area contributed by atoms with E-state index in [-0.39, 0.29) is 12.1 Å². The summed E-state index contributed by atoms with van der Waals surface area (Å²) in [5.41, 5.74) is 1.30. The summed E-state index contributed by atoms with van der Waals surface area (Å²) in [7, 11) is -2.06. The van der Waals surface area contributed by atoms with Crippen LogP contribution in [0, 0.1) is 5.82 Å². The molecule has 0 atom stereocenters. The Morgan fingerprint density at radius 3 is 2.62 bits per heavy atom. The molecule has 156 valence electrons. The van der Waals surface area contributed by atoms with Crippen LogP contribution < -0.4 is 10.0 Å². The fraction of sp³-hybridized carbons (Fsp3) is 0.286. The van der Waals surface area contributed by atoms with Gasteiger partial charge in [0.25, 0.3) is 5.91 Å². The third kappa shape index (κ3) is 7.08. The summed E-state index contributed by atoms with van der Waals surface area (Å²) in [4.78, 5) is 13.9. The lowest BCUT2D eigenvalue weighted by Gasteiger charge is -2.16. The number of carbonyl (C=O) groups is 1. The summed E-state index contributed by atoms with van der Waals surface area (Å²) in [5, 5.41) is 2.74. The highest BCUT2D eigenvalue weighted by Crippen LogP contribution is 2.16. The SMILES string of the molecule is C=CCNS(=O)(=O)c1cc(C(=O)NCCCN(C)Cc2ccccc2)ccc1F. The molecule has 8 heteroatoms. The summed E-state index contributed by atoms with van der Waals surface area (Å²) >= 11 is 0. The lowest BCUT2D eigenvalue weighted by molar-refractivity contribution is 0.0951. The maximum Gasteiger partial charge on any atom is 0.251 e. The quantitative estimate of drug-likeness (QED) is 0.433. The molecule has 0 aliphatic heterocycles. The highest BCUT2D eigenvalue weighted by atomic mass is 32.2. The number of rotatable bonds is 11. The van der Waals surface area contributed by atoms with E-state index in [0.29, 0.717) is 6.54 Å². The second kappa shape index (κ2) is 10.8. The van der Waals surface area contributed by atoms with Gasteiger partial charge in [0.05, 0.1) is 0 Å². The molecule has 0 saturated heterocycles. The molecule has 2 aromatic rings. The van der Waals surface area contributed by atoms with Crippen LogP contribution in [0.3, 0.4) is 0 Å². The molecular formula is C21H26FN3O3S. The van der Waals surface area contributed by atoms with Gasteiger partial charge in [-0.2, -0.15) is 0 Å². The van der Waals surface area contributed by atoms with E-state index in [1.165, 1.54) is 17.7 Å². The zero-order chi connectivity index (χ0) is 21.3. The van der Waals surface area contributed by atoms with Crippen LogP contribution in [0.4, 0.5) is 4.39 Å². The van der Waals surface area contributed by atoms with Crippen molar-refractivity contribution in [3.05, 3.63) is 78.1 Å². The molecule has 2 N–H and O–H groups in total. The monoisotopic (exact) mass is 419 g/mol. The molecule has 0 spiro atoms. The van der Waals surface area contributed by atoms with Crippen LogP contribution in [-0.4, -0.2) is 45.9 Å². The summed E-state index contributed by atoms with van der Waals surface area (Å²) in [6.45, 7) is 5.40. The van der Waals surface area contributed by atoms with E-state index in [1.54, 1.807) is 0 Å². The van der Waals surface area contributed by atoms with Crippen molar-refractivity contribution in [2.45, 2.75) is 17.9 Å². The average molecular weight is 420 g/mol. The fourth-order valence-corrected chi connectivity index (χ4v) is 3.82. The van der Waals surface area contributed by atoms with E-state index in [0.717, 1.165) is 31.6 Å². The van der Waals surface area contributed by atoms with Gasteiger partial charge < -0.3 is 10.2 Å². The number of nitrogens with zero attached hydrogens (tertiary/aromatic N) is 1. The summed E-state index contributed by atoms with van der Waals surface area (Å²) < 4.78 is 40.4. The topological polar surface area (TPSA) is 78.5 Å². The molecule has 0 unspecified atom stereocenters. The van der Waals surface area contributed by atoms with Crippen LogP contribution in [0.25, 0.3) is 0 Å². The standard InChI is InChI=1S/C21H26FN3O3S/c1-3-12-24-29(27,28)20-15-18(10-11-19(20)22)21(26)23-13-7-14-25(2)16-17-8-5-4-6-9-17/h3-6,8-11,15,24H,1,7,12-14,16H2,2H3,(H,23,26). The third-order valence-corrected chi connectivity index (χ3v) is 5.64. The Morgan fingerprint density at radius 2 is 1.93 bits per heavy atom. The van der Waals surface area contributed by atoms with Crippen LogP contribution in [0.1, 0.15) is 22.3 Å². The number of amides is 1. The van der Waals surface area contributed by atoms with Crippen LogP contribution in [0.2, 0.25) is 0 Å². The molecule has 0 radical (unpaired) electrons. The van der Waals surface area contributed by atoms with Gasteiger partial charge in [-0.15, -0.1) is 6.58 Å². The molecule has 6 nitrogen and oxygen atoms in total. The van der Waals surface area contributed by atoms with Crippen molar-refractivity contribution in [1.29, 1.82) is 0 Å². The predicted octanol–water partition coefficient (Wildman–Crippen LogP) is 2.54. The van der Waals surface area contributed by atoms with E-state index in [2.05, 4.69) is 33.7 Å². The Hall–Kier alpha value is -2.55.